The van der Waals surface area contributed by atoms with Crippen LogP contribution in [-0.4, -0.2) is 34.1 Å². The largest absolute Gasteiger partial charge is 0.388 e. The maximum atomic E-state index is 13.8. The fourth-order valence-corrected chi connectivity index (χ4v) is 5.01. The van der Waals surface area contributed by atoms with Crippen molar-refractivity contribution < 1.29 is 14.3 Å². The molecule has 1 aliphatic carbocycles. The number of hydrogen-bond acceptors (Lipinski definition) is 3. The van der Waals surface area contributed by atoms with Gasteiger partial charge >= 0.3 is 0 Å². The lowest BCUT2D eigenvalue weighted by molar-refractivity contribution is -0.132. The van der Waals surface area contributed by atoms with E-state index in [4.69, 9.17) is 0 Å². The van der Waals surface area contributed by atoms with Crippen molar-refractivity contribution in [3.8, 4) is 0 Å². The summed E-state index contributed by atoms with van der Waals surface area (Å²) in [5, 5.41) is 14.5. The Morgan fingerprint density at radius 3 is 2.60 bits per heavy atom. The molecule has 2 fully saturated rings. The van der Waals surface area contributed by atoms with Crippen LogP contribution in [0.5, 0.6) is 0 Å². The van der Waals surface area contributed by atoms with E-state index >= 15 is 0 Å². The van der Waals surface area contributed by atoms with Crippen LogP contribution < -0.4 is 5.32 Å². The minimum Gasteiger partial charge on any atom is -0.388 e. The first-order chi connectivity index (χ1) is 14.4. The third-order valence-electron chi connectivity index (χ3n) is 6.72. The molecular weight excluding hydrogens is 379 g/mol. The molecule has 3 unspecified atom stereocenters. The molecule has 1 saturated carbocycles. The smallest absolute Gasteiger partial charge is 0.223 e. The zero-order valence-corrected chi connectivity index (χ0v) is 17.6. The molecule has 5 heteroatoms. The molecule has 3 atom stereocenters. The van der Waals surface area contributed by atoms with Gasteiger partial charge in [0.25, 0.3) is 0 Å². The van der Waals surface area contributed by atoms with Crippen LogP contribution in [0.1, 0.15) is 56.2 Å². The third-order valence-corrected chi connectivity index (χ3v) is 6.72. The van der Waals surface area contributed by atoms with Gasteiger partial charge < -0.3 is 10.4 Å². The number of rotatable bonds is 5. The molecule has 1 heterocycles. The fourth-order valence-electron chi connectivity index (χ4n) is 5.01. The van der Waals surface area contributed by atoms with Gasteiger partial charge in [-0.2, -0.15) is 0 Å². The summed E-state index contributed by atoms with van der Waals surface area (Å²) in [5.74, 6) is -0.166. The predicted molar refractivity (Wildman–Crippen MR) is 115 cm³/mol. The number of halogens is 1. The van der Waals surface area contributed by atoms with Gasteiger partial charge in [-0.1, -0.05) is 55.3 Å². The van der Waals surface area contributed by atoms with Crippen molar-refractivity contribution in [3.05, 3.63) is 71.5 Å². The number of likely N-dealkylation sites (tertiary alicyclic amines) is 1. The molecule has 160 valence electrons. The molecule has 2 N–H and O–H groups in total. The van der Waals surface area contributed by atoms with E-state index in [0.717, 1.165) is 36.8 Å². The topological polar surface area (TPSA) is 52.6 Å². The molecule has 0 aromatic heterocycles. The lowest BCUT2D eigenvalue weighted by Gasteiger charge is -2.49. The van der Waals surface area contributed by atoms with Gasteiger partial charge in [0.2, 0.25) is 5.91 Å². The van der Waals surface area contributed by atoms with E-state index in [9.17, 15) is 14.3 Å². The van der Waals surface area contributed by atoms with Crippen molar-refractivity contribution in [2.75, 3.05) is 6.54 Å². The maximum Gasteiger partial charge on any atom is 0.223 e. The van der Waals surface area contributed by atoms with Gasteiger partial charge in [0.1, 0.15) is 5.82 Å². The highest BCUT2D eigenvalue weighted by molar-refractivity contribution is 5.79. The quantitative estimate of drug-likeness (QED) is 0.777. The second-order valence-electron chi connectivity index (χ2n) is 9.03. The molecule has 30 heavy (non-hydrogen) atoms. The molecule has 4 nitrogen and oxygen atoms in total. The van der Waals surface area contributed by atoms with Gasteiger partial charge in [-0.25, -0.2) is 4.39 Å². The molecular formula is C25H31FN2O2. The molecule has 4 rings (SSSR count). The summed E-state index contributed by atoms with van der Waals surface area (Å²) in [6, 6.07) is 16.0. The zero-order valence-electron chi connectivity index (χ0n) is 17.6. The van der Waals surface area contributed by atoms with Crippen LogP contribution in [0.2, 0.25) is 0 Å². The first kappa shape index (κ1) is 21.0. The van der Waals surface area contributed by atoms with Crippen LogP contribution in [0.3, 0.4) is 0 Å². The number of nitrogens with zero attached hydrogens (tertiary/aromatic N) is 1. The van der Waals surface area contributed by atoms with Crippen molar-refractivity contribution >= 4 is 5.91 Å². The van der Waals surface area contributed by atoms with Crippen molar-refractivity contribution in [1.29, 1.82) is 0 Å². The number of nitrogens with one attached hydrogen (secondary N) is 1. The lowest BCUT2D eigenvalue weighted by atomic mass is 9.79. The van der Waals surface area contributed by atoms with Crippen LogP contribution in [0.4, 0.5) is 4.39 Å². The Morgan fingerprint density at radius 1 is 1.17 bits per heavy atom. The fraction of sp³-hybridized carbons (Fsp3) is 0.480. The Labute approximate surface area is 178 Å². The first-order valence-electron chi connectivity index (χ1n) is 11.0. The van der Waals surface area contributed by atoms with Crippen molar-refractivity contribution in [3.63, 3.8) is 0 Å². The second kappa shape index (κ2) is 8.86. The average molecular weight is 411 g/mol. The van der Waals surface area contributed by atoms with Crippen LogP contribution in [0.25, 0.3) is 0 Å². The third kappa shape index (κ3) is 4.57. The Kier molecular flexibility index (Phi) is 6.21. The summed E-state index contributed by atoms with van der Waals surface area (Å²) in [6.07, 6.45) is 4.56. The summed E-state index contributed by atoms with van der Waals surface area (Å²) in [6.45, 7) is 3.05. The minimum atomic E-state index is -1.02. The van der Waals surface area contributed by atoms with Gasteiger partial charge in [0.05, 0.1) is 17.7 Å². The van der Waals surface area contributed by atoms with E-state index in [1.807, 2.05) is 43.3 Å². The highest BCUT2D eigenvalue weighted by Crippen LogP contribution is 2.38. The lowest BCUT2D eigenvalue weighted by Crippen LogP contribution is -2.62. The molecule has 0 spiro atoms. The Bertz CT molecular complexity index is 864. The molecule has 2 aromatic carbocycles. The Hall–Kier alpha value is -2.24. The van der Waals surface area contributed by atoms with E-state index in [2.05, 4.69) is 10.2 Å². The molecule has 0 radical (unpaired) electrons. The van der Waals surface area contributed by atoms with Crippen molar-refractivity contribution in [1.82, 2.24) is 10.2 Å². The van der Waals surface area contributed by atoms with Gasteiger partial charge in [-0.05, 0) is 49.4 Å². The minimum absolute atomic E-state index is 0.0378. The summed E-state index contributed by atoms with van der Waals surface area (Å²) < 4.78 is 13.8. The van der Waals surface area contributed by atoms with Gasteiger partial charge in [0.15, 0.2) is 0 Å². The molecule has 1 aliphatic heterocycles. The van der Waals surface area contributed by atoms with Gasteiger partial charge in [-0.3, -0.25) is 9.69 Å². The average Bonchev–Trinajstić information content (AvgIpc) is 3.26. The first-order valence-corrected chi connectivity index (χ1v) is 11.0. The summed E-state index contributed by atoms with van der Waals surface area (Å²) in [4.78, 5) is 15.2. The monoisotopic (exact) mass is 410 g/mol. The second-order valence-corrected chi connectivity index (χ2v) is 9.03. The predicted octanol–water partition coefficient (Wildman–Crippen LogP) is 4.20. The van der Waals surface area contributed by atoms with E-state index in [1.54, 1.807) is 12.1 Å². The SMILES string of the molecule is CC1(O)CCN(Cc2cccc(F)c2)C(c2ccccc2)C1NC(=O)C1CCCC1. The van der Waals surface area contributed by atoms with E-state index < -0.39 is 11.6 Å². The number of carbonyl (C=O) groups excluding carboxylic acids is 1. The summed E-state index contributed by atoms with van der Waals surface area (Å²) in [5.41, 5.74) is 0.914. The molecule has 2 aliphatic rings. The van der Waals surface area contributed by atoms with Gasteiger partial charge in [0, 0.05) is 19.0 Å². The van der Waals surface area contributed by atoms with E-state index in [1.165, 1.54) is 6.07 Å². The number of piperidine rings is 1. The molecule has 2 aromatic rings. The van der Waals surface area contributed by atoms with Crippen molar-refractivity contribution in [2.45, 2.75) is 63.3 Å². The normalized spacial score (nSPS) is 27.8. The van der Waals surface area contributed by atoms with E-state index in [0.29, 0.717) is 19.5 Å². The Morgan fingerprint density at radius 2 is 1.90 bits per heavy atom. The maximum absolute atomic E-state index is 13.8. The highest BCUT2D eigenvalue weighted by atomic mass is 19.1. The standard InChI is InChI=1S/C25H31FN2O2/c1-25(30)14-15-28(17-18-8-7-13-21(26)16-18)22(19-9-3-2-4-10-19)23(25)27-24(29)20-11-5-6-12-20/h2-4,7-10,13,16,20,22-23,30H,5-6,11-12,14-15,17H2,1H3,(H,27,29). The molecule has 1 saturated heterocycles. The van der Waals surface area contributed by atoms with Crippen LogP contribution in [-0.2, 0) is 11.3 Å². The van der Waals surface area contributed by atoms with Crippen LogP contribution >= 0.6 is 0 Å². The van der Waals surface area contributed by atoms with Crippen molar-refractivity contribution in [2.24, 2.45) is 5.92 Å². The number of aliphatic hydroxyl groups is 1. The van der Waals surface area contributed by atoms with Gasteiger partial charge in [-0.15, -0.1) is 0 Å². The number of carbonyl (C=O) groups is 1. The summed E-state index contributed by atoms with van der Waals surface area (Å²) in [7, 11) is 0. The summed E-state index contributed by atoms with van der Waals surface area (Å²) >= 11 is 0. The number of hydrogen-bond donors (Lipinski definition) is 2. The number of amides is 1. The number of benzene rings is 2. The van der Waals surface area contributed by atoms with Crippen LogP contribution in [0, 0.1) is 11.7 Å². The Balaban J connectivity index is 1.65. The van der Waals surface area contributed by atoms with E-state index in [-0.39, 0.29) is 23.7 Å². The molecule has 0 bridgehead atoms. The molecule has 1 amide bonds. The van der Waals surface area contributed by atoms with Crippen LogP contribution in [0.15, 0.2) is 54.6 Å². The highest BCUT2D eigenvalue weighted by Gasteiger charge is 2.46. The zero-order chi connectivity index (χ0) is 21.1.